The number of ketones is 1. The first-order valence-corrected chi connectivity index (χ1v) is 8.99. The van der Waals surface area contributed by atoms with Crippen molar-refractivity contribution in [2.24, 2.45) is 5.92 Å². The van der Waals surface area contributed by atoms with E-state index in [1.807, 2.05) is 0 Å². The average Bonchev–Trinajstić information content (AvgIpc) is 2.98. The van der Waals surface area contributed by atoms with Crippen LogP contribution in [-0.4, -0.2) is 35.5 Å². The van der Waals surface area contributed by atoms with E-state index in [9.17, 15) is 27.6 Å². The molecule has 0 radical (unpaired) electrons. The Hall–Kier alpha value is -2.61. The Labute approximate surface area is 162 Å². The molecule has 9 heteroatoms. The number of fused-ring (bicyclic) bond motifs is 2. The molecule has 2 unspecified atom stereocenters. The van der Waals surface area contributed by atoms with Gasteiger partial charge in [-0.05, 0) is 35.8 Å². The van der Waals surface area contributed by atoms with E-state index >= 15 is 0 Å². The summed E-state index contributed by atoms with van der Waals surface area (Å²) >= 11 is 6.14. The van der Waals surface area contributed by atoms with Crippen molar-refractivity contribution in [2.75, 3.05) is 6.54 Å². The van der Waals surface area contributed by atoms with Crippen LogP contribution in [0, 0.1) is 11.7 Å². The highest BCUT2D eigenvalue weighted by Crippen LogP contribution is 2.46. The number of carbonyl (C=O) groups is 3. The minimum Gasteiger partial charge on any atom is -0.344 e. The number of carbonyl (C=O) groups excluding carboxylic acids is 3. The molecule has 3 aliphatic rings. The van der Waals surface area contributed by atoms with Crippen LogP contribution in [0.2, 0.25) is 5.02 Å². The lowest BCUT2D eigenvalue weighted by Crippen LogP contribution is -2.41. The molecule has 2 atom stereocenters. The number of nitrogens with zero attached hydrogens (tertiary/aromatic N) is 1. The summed E-state index contributed by atoms with van der Waals surface area (Å²) in [6.07, 6.45) is -1.52. The number of allylic oxidation sites excluding steroid dienone is 2. The van der Waals surface area contributed by atoms with Crippen molar-refractivity contribution < 1.29 is 27.6 Å². The monoisotopic (exact) mass is 410 g/mol. The molecule has 2 saturated heterocycles. The number of halogens is 4. The SMILES string of the molecule is O=C1NC(c2cc(F)ccc2Cl)C2C(=O)C=C3C(=C12)CCC(=O)N3CC(F)F. The average molecular weight is 411 g/mol. The Morgan fingerprint density at radius 3 is 2.68 bits per heavy atom. The number of hydrogen-bond donors (Lipinski definition) is 1. The van der Waals surface area contributed by atoms with Gasteiger partial charge in [0.15, 0.2) is 5.78 Å². The summed E-state index contributed by atoms with van der Waals surface area (Å²) in [5.41, 5.74) is 0.850. The predicted octanol–water partition coefficient (Wildman–Crippen LogP) is 2.92. The molecule has 5 nitrogen and oxygen atoms in total. The van der Waals surface area contributed by atoms with Crippen molar-refractivity contribution in [3.63, 3.8) is 0 Å². The van der Waals surface area contributed by atoms with Crippen LogP contribution in [0.3, 0.4) is 0 Å². The lowest BCUT2D eigenvalue weighted by atomic mass is 9.78. The molecular formula is C19H14ClF3N2O3. The smallest absolute Gasteiger partial charge is 0.256 e. The van der Waals surface area contributed by atoms with Crippen LogP contribution in [-0.2, 0) is 14.4 Å². The van der Waals surface area contributed by atoms with Crippen molar-refractivity contribution >= 4 is 29.2 Å². The van der Waals surface area contributed by atoms with Gasteiger partial charge in [-0.15, -0.1) is 0 Å². The van der Waals surface area contributed by atoms with Gasteiger partial charge >= 0.3 is 0 Å². The number of likely N-dealkylation sites (tertiary alicyclic amines) is 1. The molecule has 1 aromatic carbocycles. The maximum atomic E-state index is 13.7. The highest BCUT2D eigenvalue weighted by Gasteiger charge is 2.49. The first-order chi connectivity index (χ1) is 13.3. The van der Waals surface area contributed by atoms with Gasteiger partial charge in [0.2, 0.25) is 11.8 Å². The van der Waals surface area contributed by atoms with E-state index in [0.717, 1.165) is 23.1 Å². The molecule has 0 bridgehead atoms. The fraction of sp³-hybridized carbons (Fsp3) is 0.316. The highest BCUT2D eigenvalue weighted by molar-refractivity contribution is 6.31. The Balaban J connectivity index is 1.80. The number of hydrogen-bond acceptors (Lipinski definition) is 3. The summed E-state index contributed by atoms with van der Waals surface area (Å²) in [4.78, 5) is 38.4. The van der Waals surface area contributed by atoms with Crippen molar-refractivity contribution in [3.05, 3.63) is 57.5 Å². The summed E-state index contributed by atoms with van der Waals surface area (Å²) in [5.74, 6) is -3.11. The van der Waals surface area contributed by atoms with Crippen LogP contribution in [0.4, 0.5) is 13.2 Å². The van der Waals surface area contributed by atoms with Crippen molar-refractivity contribution in [2.45, 2.75) is 25.3 Å². The van der Waals surface area contributed by atoms with Gasteiger partial charge in [-0.3, -0.25) is 14.4 Å². The molecular weight excluding hydrogens is 397 g/mol. The quantitative estimate of drug-likeness (QED) is 0.833. The number of amides is 2. The van der Waals surface area contributed by atoms with E-state index in [0.29, 0.717) is 5.57 Å². The zero-order valence-corrected chi connectivity index (χ0v) is 15.1. The van der Waals surface area contributed by atoms with Gasteiger partial charge < -0.3 is 10.2 Å². The number of rotatable bonds is 3. The van der Waals surface area contributed by atoms with Gasteiger partial charge in [-0.1, -0.05) is 11.6 Å². The predicted molar refractivity (Wildman–Crippen MR) is 92.9 cm³/mol. The highest BCUT2D eigenvalue weighted by atomic mass is 35.5. The van der Waals surface area contributed by atoms with E-state index < -0.39 is 48.3 Å². The standard InChI is InChI=1S/C19H14ClF3N2O3/c20-11-3-1-8(21)5-10(11)18-17-13(26)6-12-9(16(17)19(28)24-18)2-4-15(27)25(12)7-14(22)23/h1,3,5-6,14,17-18H,2,4,7H2,(H,24,28). The van der Waals surface area contributed by atoms with Crippen molar-refractivity contribution in [1.29, 1.82) is 0 Å². The molecule has 0 spiro atoms. The van der Waals surface area contributed by atoms with Crippen LogP contribution < -0.4 is 5.32 Å². The molecule has 1 aromatic rings. The third-order valence-electron chi connectivity index (χ3n) is 5.19. The first-order valence-electron chi connectivity index (χ1n) is 8.61. The Morgan fingerprint density at radius 2 is 1.96 bits per heavy atom. The molecule has 2 heterocycles. The molecule has 2 aliphatic heterocycles. The van der Waals surface area contributed by atoms with Gasteiger partial charge in [0.05, 0.1) is 24.2 Å². The first kappa shape index (κ1) is 18.7. The van der Waals surface area contributed by atoms with Crippen molar-refractivity contribution in [1.82, 2.24) is 10.2 Å². The van der Waals surface area contributed by atoms with E-state index in [2.05, 4.69) is 5.32 Å². The van der Waals surface area contributed by atoms with E-state index in [-0.39, 0.29) is 34.7 Å². The van der Waals surface area contributed by atoms with Gasteiger partial charge in [-0.25, -0.2) is 13.2 Å². The minimum absolute atomic E-state index is 0.0392. The number of alkyl halides is 2. The van der Waals surface area contributed by atoms with Crippen LogP contribution in [0.15, 0.2) is 41.1 Å². The second kappa shape index (κ2) is 6.77. The van der Waals surface area contributed by atoms with Gasteiger partial charge in [0, 0.05) is 23.1 Å². The largest absolute Gasteiger partial charge is 0.344 e. The Morgan fingerprint density at radius 1 is 1.21 bits per heavy atom. The van der Waals surface area contributed by atoms with Crippen LogP contribution in [0.25, 0.3) is 0 Å². The third kappa shape index (κ3) is 2.92. The van der Waals surface area contributed by atoms with Crippen LogP contribution in [0.5, 0.6) is 0 Å². The zero-order chi connectivity index (χ0) is 20.2. The Bertz CT molecular complexity index is 973. The van der Waals surface area contributed by atoms with Gasteiger partial charge in [0.1, 0.15) is 5.82 Å². The molecule has 4 rings (SSSR count). The minimum atomic E-state index is -2.78. The maximum Gasteiger partial charge on any atom is 0.256 e. The molecule has 1 aliphatic carbocycles. The fourth-order valence-corrected chi connectivity index (χ4v) is 4.28. The molecule has 28 heavy (non-hydrogen) atoms. The van der Waals surface area contributed by atoms with E-state index in [1.165, 1.54) is 6.07 Å². The lowest BCUT2D eigenvalue weighted by molar-refractivity contribution is -0.132. The molecule has 146 valence electrons. The second-order valence-corrected chi connectivity index (χ2v) is 7.22. The third-order valence-corrected chi connectivity index (χ3v) is 5.53. The van der Waals surface area contributed by atoms with Gasteiger partial charge in [-0.2, -0.15) is 0 Å². The normalized spacial score (nSPS) is 24.4. The molecule has 1 N–H and O–H groups in total. The summed E-state index contributed by atoms with van der Waals surface area (Å²) in [6.45, 7) is -0.847. The maximum absolute atomic E-state index is 13.7. The van der Waals surface area contributed by atoms with Crippen LogP contribution >= 0.6 is 11.6 Å². The molecule has 2 amide bonds. The molecule has 2 fully saturated rings. The van der Waals surface area contributed by atoms with E-state index in [1.54, 1.807) is 0 Å². The second-order valence-electron chi connectivity index (χ2n) is 6.81. The lowest BCUT2D eigenvalue weighted by Gasteiger charge is -2.35. The summed E-state index contributed by atoms with van der Waals surface area (Å²) in [5, 5.41) is 2.85. The summed E-state index contributed by atoms with van der Waals surface area (Å²) in [6, 6.07) is 2.78. The Kier molecular flexibility index (Phi) is 4.53. The fourth-order valence-electron chi connectivity index (χ4n) is 4.04. The number of nitrogens with one attached hydrogen (secondary N) is 1. The number of piperidine rings is 1. The summed E-state index contributed by atoms with van der Waals surface area (Å²) in [7, 11) is 0. The molecule has 0 saturated carbocycles. The summed E-state index contributed by atoms with van der Waals surface area (Å²) < 4.78 is 39.5. The van der Waals surface area contributed by atoms with Crippen LogP contribution in [0.1, 0.15) is 24.4 Å². The van der Waals surface area contributed by atoms with Crippen molar-refractivity contribution in [3.8, 4) is 0 Å². The van der Waals surface area contributed by atoms with Gasteiger partial charge in [0.25, 0.3) is 6.43 Å². The zero-order valence-electron chi connectivity index (χ0n) is 14.3. The van der Waals surface area contributed by atoms with E-state index in [4.69, 9.17) is 11.6 Å². The number of benzene rings is 1. The molecule has 0 aromatic heterocycles. The topological polar surface area (TPSA) is 66.5 Å².